The molecule has 2 atom stereocenters. The molecular formula is C20H26N2O2. The molecule has 0 radical (unpaired) electrons. The molecule has 0 spiro atoms. The Kier molecular flexibility index (Phi) is 6.82. The van der Waals surface area contributed by atoms with Crippen LogP contribution >= 0.6 is 0 Å². The Labute approximate surface area is 144 Å². The summed E-state index contributed by atoms with van der Waals surface area (Å²) in [6.07, 6.45) is 2.33. The molecule has 128 valence electrons. The van der Waals surface area contributed by atoms with Crippen LogP contribution in [-0.2, 0) is 17.6 Å². The van der Waals surface area contributed by atoms with Crippen molar-refractivity contribution in [3.8, 4) is 5.75 Å². The van der Waals surface area contributed by atoms with Crippen LogP contribution in [0.4, 0.5) is 0 Å². The molecule has 0 aromatic heterocycles. The smallest absolute Gasteiger partial charge is 0.237 e. The monoisotopic (exact) mass is 326 g/mol. The summed E-state index contributed by atoms with van der Waals surface area (Å²) in [4.78, 5) is 12.2. The second-order valence-corrected chi connectivity index (χ2v) is 6.09. The summed E-state index contributed by atoms with van der Waals surface area (Å²) in [7, 11) is 1.66. The number of nitrogens with one attached hydrogen (secondary N) is 1. The van der Waals surface area contributed by atoms with Crippen LogP contribution in [0.15, 0.2) is 54.6 Å². The molecule has 0 aliphatic carbocycles. The van der Waals surface area contributed by atoms with Gasteiger partial charge in [0, 0.05) is 6.04 Å². The van der Waals surface area contributed by atoms with Crippen molar-refractivity contribution in [2.45, 2.75) is 38.3 Å². The van der Waals surface area contributed by atoms with Crippen LogP contribution in [0.1, 0.15) is 24.5 Å². The third kappa shape index (κ3) is 5.70. The molecule has 0 bridgehead atoms. The molecule has 0 aliphatic heterocycles. The molecule has 0 heterocycles. The molecule has 1 unspecified atom stereocenters. The van der Waals surface area contributed by atoms with Gasteiger partial charge in [-0.25, -0.2) is 0 Å². The molecule has 0 aliphatic rings. The van der Waals surface area contributed by atoms with Crippen molar-refractivity contribution in [3.05, 3.63) is 65.7 Å². The number of rotatable bonds is 8. The van der Waals surface area contributed by atoms with Crippen LogP contribution in [0, 0.1) is 0 Å². The number of carbonyl (C=O) groups is 1. The lowest BCUT2D eigenvalue weighted by molar-refractivity contribution is -0.123. The minimum Gasteiger partial charge on any atom is -0.497 e. The Hall–Kier alpha value is -2.33. The highest BCUT2D eigenvalue weighted by Crippen LogP contribution is 2.13. The van der Waals surface area contributed by atoms with Gasteiger partial charge in [0.25, 0.3) is 0 Å². The van der Waals surface area contributed by atoms with Gasteiger partial charge < -0.3 is 15.8 Å². The number of hydrogen-bond donors (Lipinski definition) is 2. The van der Waals surface area contributed by atoms with Crippen molar-refractivity contribution < 1.29 is 9.53 Å². The highest BCUT2D eigenvalue weighted by atomic mass is 16.5. The standard InChI is InChI=1S/C20H26N2O2/c1-15(8-9-16-10-12-18(24-2)13-11-16)22-20(23)19(21)14-17-6-4-3-5-7-17/h3-7,10-13,15,19H,8-9,14,21H2,1-2H3,(H,22,23)/t15?,19-/m0/s1. The first kappa shape index (κ1) is 18.0. The highest BCUT2D eigenvalue weighted by molar-refractivity contribution is 5.82. The fraction of sp³-hybridized carbons (Fsp3) is 0.350. The summed E-state index contributed by atoms with van der Waals surface area (Å²) in [5, 5.41) is 3.00. The summed E-state index contributed by atoms with van der Waals surface area (Å²) in [5.41, 5.74) is 8.31. The number of amides is 1. The fourth-order valence-electron chi connectivity index (χ4n) is 2.56. The topological polar surface area (TPSA) is 64.3 Å². The molecule has 2 rings (SSSR count). The molecule has 2 aromatic carbocycles. The predicted molar refractivity (Wildman–Crippen MR) is 97.0 cm³/mol. The predicted octanol–water partition coefficient (Wildman–Crippen LogP) is 2.70. The number of methoxy groups -OCH3 is 1. The Morgan fingerprint density at radius 2 is 1.75 bits per heavy atom. The second-order valence-electron chi connectivity index (χ2n) is 6.09. The minimum absolute atomic E-state index is 0.0847. The largest absolute Gasteiger partial charge is 0.497 e. The van der Waals surface area contributed by atoms with E-state index in [2.05, 4.69) is 17.4 Å². The van der Waals surface area contributed by atoms with Gasteiger partial charge in [0.1, 0.15) is 5.75 Å². The van der Waals surface area contributed by atoms with Gasteiger partial charge in [-0.3, -0.25) is 4.79 Å². The molecule has 0 saturated carbocycles. The lowest BCUT2D eigenvalue weighted by Crippen LogP contribution is -2.45. The van der Waals surface area contributed by atoms with Gasteiger partial charge in [0.05, 0.1) is 13.2 Å². The van der Waals surface area contributed by atoms with E-state index in [4.69, 9.17) is 10.5 Å². The maximum atomic E-state index is 12.2. The van der Waals surface area contributed by atoms with E-state index >= 15 is 0 Å². The van der Waals surface area contributed by atoms with E-state index in [0.717, 1.165) is 24.2 Å². The number of benzene rings is 2. The molecular weight excluding hydrogens is 300 g/mol. The number of carbonyl (C=O) groups excluding carboxylic acids is 1. The van der Waals surface area contributed by atoms with Crippen LogP contribution in [0.5, 0.6) is 5.75 Å². The van der Waals surface area contributed by atoms with Crippen molar-refractivity contribution in [1.82, 2.24) is 5.32 Å². The van der Waals surface area contributed by atoms with E-state index in [9.17, 15) is 4.79 Å². The van der Waals surface area contributed by atoms with Crippen LogP contribution in [0.25, 0.3) is 0 Å². The van der Waals surface area contributed by atoms with E-state index in [-0.39, 0.29) is 11.9 Å². The van der Waals surface area contributed by atoms with Crippen LogP contribution in [-0.4, -0.2) is 25.1 Å². The lowest BCUT2D eigenvalue weighted by Gasteiger charge is -2.18. The Morgan fingerprint density at radius 3 is 2.38 bits per heavy atom. The molecule has 0 fully saturated rings. The van der Waals surface area contributed by atoms with E-state index in [1.54, 1.807) is 7.11 Å². The molecule has 4 heteroatoms. The minimum atomic E-state index is -0.518. The van der Waals surface area contributed by atoms with Crippen LogP contribution < -0.4 is 15.8 Å². The molecule has 4 nitrogen and oxygen atoms in total. The van der Waals surface area contributed by atoms with Crippen LogP contribution in [0.2, 0.25) is 0 Å². The van der Waals surface area contributed by atoms with Gasteiger partial charge in [-0.15, -0.1) is 0 Å². The van der Waals surface area contributed by atoms with Gasteiger partial charge in [0.15, 0.2) is 0 Å². The number of aryl methyl sites for hydroxylation is 1. The summed E-state index contributed by atoms with van der Waals surface area (Å²) >= 11 is 0. The van der Waals surface area contributed by atoms with Crippen molar-refractivity contribution in [1.29, 1.82) is 0 Å². The SMILES string of the molecule is COc1ccc(CCC(C)NC(=O)[C@@H](N)Cc2ccccc2)cc1. The maximum absolute atomic E-state index is 12.2. The average Bonchev–Trinajstić information content (AvgIpc) is 2.61. The summed E-state index contributed by atoms with van der Waals surface area (Å²) in [6, 6.07) is 17.4. The molecule has 3 N–H and O–H groups in total. The van der Waals surface area contributed by atoms with E-state index in [1.807, 2.05) is 49.4 Å². The number of hydrogen-bond acceptors (Lipinski definition) is 3. The van der Waals surface area contributed by atoms with Gasteiger partial charge in [-0.1, -0.05) is 42.5 Å². The highest BCUT2D eigenvalue weighted by Gasteiger charge is 2.16. The quantitative estimate of drug-likeness (QED) is 0.784. The summed E-state index contributed by atoms with van der Waals surface area (Å²) in [5.74, 6) is 0.757. The maximum Gasteiger partial charge on any atom is 0.237 e. The lowest BCUT2D eigenvalue weighted by atomic mass is 10.0. The van der Waals surface area contributed by atoms with E-state index in [0.29, 0.717) is 6.42 Å². The molecule has 2 aromatic rings. The fourth-order valence-corrected chi connectivity index (χ4v) is 2.56. The average molecular weight is 326 g/mol. The zero-order valence-corrected chi connectivity index (χ0v) is 14.4. The summed E-state index contributed by atoms with van der Waals surface area (Å²) in [6.45, 7) is 2.01. The third-order valence-corrected chi connectivity index (χ3v) is 4.05. The van der Waals surface area contributed by atoms with Crippen molar-refractivity contribution >= 4 is 5.91 Å². The van der Waals surface area contributed by atoms with Crippen molar-refractivity contribution in [2.75, 3.05) is 7.11 Å². The first-order chi connectivity index (χ1) is 11.6. The van der Waals surface area contributed by atoms with Gasteiger partial charge >= 0.3 is 0 Å². The summed E-state index contributed by atoms with van der Waals surface area (Å²) < 4.78 is 5.15. The normalized spacial score (nSPS) is 13.1. The number of ether oxygens (including phenoxy) is 1. The second kappa shape index (κ2) is 9.08. The Bertz CT molecular complexity index is 626. The molecule has 24 heavy (non-hydrogen) atoms. The Morgan fingerprint density at radius 1 is 1.08 bits per heavy atom. The zero-order chi connectivity index (χ0) is 17.4. The van der Waals surface area contributed by atoms with Gasteiger partial charge in [-0.2, -0.15) is 0 Å². The first-order valence-corrected chi connectivity index (χ1v) is 8.31. The number of nitrogens with two attached hydrogens (primary N) is 1. The van der Waals surface area contributed by atoms with E-state index < -0.39 is 6.04 Å². The zero-order valence-electron chi connectivity index (χ0n) is 14.4. The van der Waals surface area contributed by atoms with Gasteiger partial charge in [-0.05, 0) is 49.4 Å². The third-order valence-electron chi connectivity index (χ3n) is 4.05. The molecule has 1 amide bonds. The van der Waals surface area contributed by atoms with E-state index in [1.165, 1.54) is 5.56 Å². The Balaban J connectivity index is 1.76. The first-order valence-electron chi connectivity index (χ1n) is 8.31. The van der Waals surface area contributed by atoms with Crippen molar-refractivity contribution in [3.63, 3.8) is 0 Å². The van der Waals surface area contributed by atoms with Gasteiger partial charge in [0.2, 0.25) is 5.91 Å². The molecule has 0 saturated heterocycles. The van der Waals surface area contributed by atoms with Crippen molar-refractivity contribution in [2.24, 2.45) is 5.73 Å². The van der Waals surface area contributed by atoms with Crippen LogP contribution in [0.3, 0.4) is 0 Å².